The molecule has 2 aromatic carbocycles. The van der Waals surface area contributed by atoms with Gasteiger partial charge in [-0.2, -0.15) is 4.98 Å². The highest BCUT2D eigenvalue weighted by Crippen LogP contribution is 2.40. The number of fused-ring (bicyclic) bond motifs is 6. The van der Waals surface area contributed by atoms with Gasteiger partial charge in [-0.1, -0.05) is 35.9 Å². The van der Waals surface area contributed by atoms with Gasteiger partial charge >= 0.3 is 0 Å². The third-order valence-electron chi connectivity index (χ3n) is 9.20. The van der Waals surface area contributed by atoms with Crippen LogP contribution in [0.4, 0.5) is 14.6 Å². The molecule has 6 heterocycles. The van der Waals surface area contributed by atoms with E-state index in [2.05, 4.69) is 10.3 Å². The topological polar surface area (TPSA) is 126 Å². The molecule has 0 atom stereocenters. The van der Waals surface area contributed by atoms with Crippen LogP contribution >= 0.6 is 0 Å². The van der Waals surface area contributed by atoms with Crippen molar-refractivity contribution in [2.24, 2.45) is 0 Å². The maximum absolute atomic E-state index is 15.1. The number of sulfonamides is 1. The fourth-order valence-corrected chi connectivity index (χ4v) is 6.97. The number of amides is 1. The van der Waals surface area contributed by atoms with E-state index in [0.29, 0.717) is 62.0 Å². The van der Waals surface area contributed by atoms with E-state index >= 15 is 4.39 Å². The number of pyridine rings is 2. The normalized spacial score (nSPS) is 14.2. The summed E-state index contributed by atoms with van der Waals surface area (Å²) in [5.41, 5.74) is 4.73. The Morgan fingerprint density at radius 1 is 1.02 bits per heavy atom. The molecule has 0 unspecified atom stereocenters. The molecule has 1 N–H and O–H groups in total. The van der Waals surface area contributed by atoms with Crippen molar-refractivity contribution < 1.29 is 26.4 Å². The molecule has 254 valence electrons. The molecule has 8 rings (SSSR count). The molecular formula is C36H31F2N7O4S. The Hall–Kier alpha value is -5.47. The van der Waals surface area contributed by atoms with Crippen LogP contribution in [0.25, 0.3) is 61.1 Å². The lowest BCUT2D eigenvalue weighted by Crippen LogP contribution is -2.47. The maximum Gasteiger partial charge on any atom is 0.255 e. The number of aryl methyl sites for hydroxylation is 1. The van der Waals surface area contributed by atoms with Crippen molar-refractivity contribution in [2.45, 2.75) is 19.6 Å². The monoisotopic (exact) mass is 695 g/mol. The number of nitrogens with one attached hydrogen (secondary N) is 1. The van der Waals surface area contributed by atoms with Gasteiger partial charge in [0.2, 0.25) is 15.7 Å². The summed E-state index contributed by atoms with van der Waals surface area (Å²) in [4.78, 5) is 29.9. The summed E-state index contributed by atoms with van der Waals surface area (Å²) in [5.74, 6) is 0.0964. The number of hydrogen-bond acceptors (Lipinski definition) is 8. The summed E-state index contributed by atoms with van der Waals surface area (Å²) in [6.07, 6.45) is 0.164. The van der Waals surface area contributed by atoms with Gasteiger partial charge in [-0.05, 0) is 43.3 Å². The van der Waals surface area contributed by atoms with Crippen molar-refractivity contribution in [1.82, 2.24) is 29.6 Å². The summed E-state index contributed by atoms with van der Waals surface area (Å²) < 4.78 is 63.8. The van der Waals surface area contributed by atoms with Crippen LogP contribution in [0.5, 0.6) is 0 Å². The van der Waals surface area contributed by atoms with Gasteiger partial charge in [-0.25, -0.2) is 27.2 Å². The van der Waals surface area contributed by atoms with E-state index in [1.165, 1.54) is 20.2 Å². The first-order valence-corrected chi connectivity index (χ1v) is 17.7. The minimum absolute atomic E-state index is 0.0326. The second-order valence-corrected chi connectivity index (χ2v) is 14.6. The molecule has 1 amide bonds. The van der Waals surface area contributed by atoms with Crippen molar-refractivity contribution >= 4 is 60.3 Å². The van der Waals surface area contributed by atoms with Crippen LogP contribution in [-0.2, 0) is 16.6 Å². The largest absolute Gasteiger partial charge is 0.437 e. The van der Waals surface area contributed by atoms with E-state index in [1.54, 1.807) is 36.4 Å². The second kappa shape index (κ2) is 11.6. The van der Waals surface area contributed by atoms with E-state index < -0.39 is 27.9 Å². The number of benzene rings is 2. The molecule has 7 aromatic rings. The highest BCUT2D eigenvalue weighted by Gasteiger charge is 2.30. The number of aromatic nitrogens is 4. The van der Waals surface area contributed by atoms with Crippen LogP contribution in [0.1, 0.15) is 21.7 Å². The van der Waals surface area contributed by atoms with Crippen LogP contribution < -0.4 is 9.62 Å². The molecule has 1 aliphatic heterocycles. The number of likely N-dealkylation sites (tertiary alicyclic amines) is 1. The quantitative estimate of drug-likeness (QED) is 0.220. The predicted octanol–water partition coefficient (Wildman–Crippen LogP) is 5.87. The molecule has 1 aliphatic rings. The second-order valence-electron chi connectivity index (χ2n) is 12.6. The van der Waals surface area contributed by atoms with Gasteiger partial charge in [-0.3, -0.25) is 18.4 Å². The molecule has 0 aliphatic carbocycles. The Bertz CT molecular complexity index is 2630. The summed E-state index contributed by atoms with van der Waals surface area (Å²) in [7, 11) is -0.928. The summed E-state index contributed by atoms with van der Waals surface area (Å²) in [6.45, 7) is 2.88. The summed E-state index contributed by atoms with van der Waals surface area (Å²) in [6, 6.07) is 19.1. The van der Waals surface area contributed by atoms with E-state index in [9.17, 15) is 17.6 Å². The number of rotatable bonds is 7. The third kappa shape index (κ3) is 5.13. The van der Waals surface area contributed by atoms with E-state index in [1.807, 2.05) is 40.5 Å². The zero-order chi connectivity index (χ0) is 35.1. The van der Waals surface area contributed by atoms with Gasteiger partial charge in [0.05, 0.1) is 46.0 Å². The number of anilines is 1. The standard InChI is InChI=1S/C36H31F2N7O4S/c1-19-8-10-20(11-9-19)33-31(35(46)39-2)24-14-23(34(42-36(24)49-33)43(3)50(4,47)48)26-12-13-27-32(41-26)29-15-22-25(38)6-5-7-28(22)45(29)30(40-27)18-44-16-21(37)17-44/h5-15,21H,16-18H2,1-4H3,(H,39,46). The third-order valence-corrected chi connectivity index (χ3v) is 10.4. The minimum atomic E-state index is -3.82. The zero-order valence-corrected chi connectivity index (χ0v) is 28.3. The van der Waals surface area contributed by atoms with Crippen LogP contribution in [0, 0.1) is 12.7 Å². The fraction of sp³-hybridized carbons (Fsp3) is 0.222. The van der Waals surface area contributed by atoms with E-state index in [4.69, 9.17) is 14.4 Å². The zero-order valence-electron chi connectivity index (χ0n) is 27.5. The number of hydrogen-bond donors (Lipinski definition) is 1. The molecule has 50 heavy (non-hydrogen) atoms. The lowest BCUT2D eigenvalue weighted by molar-refractivity contribution is 0.0567. The van der Waals surface area contributed by atoms with E-state index in [-0.39, 0.29) is 35.9 Å². The lowest BCUT2D eigenvalue weighted by Gasteiger charge is -2.34. The smallest absolute Gasteiger partial charge is 0.255 e. The van der Waals surface area contributed by atoms with Gasteiger partial charge < -0.3 is 9.73 Å². The fourth-order valence-electron chi connectivity index (χ4n) is 6.52. The van der Waals surface area contributed by atoms with Crippen LogP contribution in [0.15, 0.2) is 71.1 Å². The first-order valence-electron chi connectivity index (χ1n) is 15.9. The SMILES string of the molecule is CNC(=O)c1c(-c2ccc(C)cc2)oc2nc(N(C)S(C)(=O)=O)c(-c3ccc4nc(CN5CC(F)C5)n5c6cccc(F)c6cc5c4n3)cc12. The van der Waals surface area contributed by atoms with Gasteiger partial charge in [0.1, 0.15) is 29.1 Å². The molecule has 1 fully saturated rings. The van der Waals surface area contributed by atoms with Crippen LogP contribution in [0.3, 0.4) is 0 Å². The molecule has 0 saturated carbocycles. The molecule has 0 bridgehead atoms. The van der Waals surface area contributed by atoms with Crippen LogP contribution in [0.2, 0.25) is 0 Å². The van der Waals surface area contributed by atoms with Crippen molar-refractivity contribution in [3.05, 3.63) is 89.5 Å². The number of carbonyl (C=O) groups is 1. The Labute approximate surface area is 285 Å². The molecule has 11 nitrogen and oxygen atoms in total. The molecular weight excluding hydrogens is 665 g/mol. The van der Waals surface area contributed by atoms with Gasteiger partial charge in [0, 0.05) is 43.7 Å². The molecule has 0 spiro atoms. The lowest BCUT2D eigenvalue weighted by atomic mass is 10.0. The number of nitrogens with zero attached hydrogens (tertiary/aromatic N) is 6. The molecule has 5 aromatic heterocycles. The number of halogens is 2. The predicted molar refractivity (Wildman–Crippen MR) is 188 cm³/mol. The number of furan rings is 1. The maximum atomic E-state index is 15.1. The Morgan fingerprint density at radius 3 is 2.48 bits per heavy atom. The van der Waals surface area contributed by atoms with Gasteiger partial charge in [0.15, 0.2) is 5.82 Å². The van der Waals surface area contributed by atoms with Gasteiger partial charge in [-0.15, -0.1) is 0 Å². The van der Waals surface area contributed by atoms with Gasteiger partial charge in [0.25, 0.3) is 5.91 Å². The highest BCUT2D eigenvalue weighted by molar-refractivity contribution is 7.92. The van der Waals surface area contributed by atoms with Crippen molar-refractivity contribution in [1.29, 1.82) is 0 Å². The summed E-state index contributed by atoms with van der Waals surface area (Å²) >= 11 is 0. The van der Waals surface area contributed by atoms with Crippen LogP contribution in [-0.4, -0.2) is 78.2 Å². The first kappa shape index (κ1) is 31.8. The number of carbonyl (C=O) groups excluding carboxylic acids is 1. The highest BCUT2D eigenvalue weighted by atomic mass is 32.2. The van der Waals surface area contributed by atoms with E-state index in [0.717, 1.165) is 16.1 Å². The van der Waals surface area contributed by atoms with Crippen molar-refractivity contribution in [3.63, 3.8) is 0 Å². The molecule has 0 radical (unpaired) electrons. The average molecular weight is 696 g/mol. The Kier molecular flexibility index (Phi) is 7.35. The van der Waals surface area contributed by atoms with Crippen molar-refractivity contribution in [2.75, 3.05) is 37.7 Å². The molecule has 1 saturated heterocycles. The Balaban J connectivity index is 1.40. The Morgan fingerprint density at radius 2 is 1.78 bits per heavy atom. The summed E-state index contributed by atoms with van der Waals surface area (Å²) in [5, 5.41) is 3.41. The van der Waals surface area contributed by atoms with Crippen molar-refractivity contribution in [3.8, 4) is 22.6 Å². The molecule has 14 heteroatoms. The average Bonchev–Trinajstić information content (AvgIpc) is 3.66. The first-order chi connectivity index (χ1) is 23.9. The minimum Gasteiger partial charge on any atom is -0.437 e. The number of alkyl halides is 1.